The quantitative estimate of drug-likeness (QED) is 0.153. The molecule has 1 heterocycles. The first-order chi connectivity index (χ1) is 29.8. The summed E-state index contributed by atoms with van der Waals surface area (Å²) in [5, 5.41) is 4.64. The molecule has 1 aromatic heterocycles. The molecule has 11 aromatic rings. The second kappa shape index (κ2) is 15.1. The highest BCUT2D eigenvalue weighted by Gasteiger charge is 2.25. The topological polar surface area (TPSA) is 16.4 Å². The Bertz CT molecular complexity index is 3300. The third kappa shape index (κ3) is 6.14. The molecule has 0 amide bonds. The molecule has 0 N–H and O–H groups in total. The van der Waals surface area contributed by atoms with Crippen LogP contribution in [0.5, 0.6) is 0 Å². The molecule has 10 aromatic carbocycles. The van der Waals surface area contributed by atoms with Crippen LogP contribution in [0.4, 0.5) is 17.1 Å². The van der Waals surface area contributed by atoms with E-state index >= 15 is 0 Å². The van der Waals surface area contributed by atoms with Crippen LogP contribution >= 0.6 is 0 Å². The van der Waals surface area contributed by atoms with Crippen molar-refractivity contribution >= 4 is 49.8 Å². The monoisotopic (exact) mass is 765 g/mol. The van der Waals surface area contributed by atoms with Crippen molar-refractivity contribution < 1.29 is 4.42 Å². The lowest BCUT2D eigenvalue weighted by Crippen LogP contribution is -2.12. The van der Waals surface area contributed by atoms with Gasteiger partial charge in [-0.1, -0.05) is 200 Å². The minimum Gasteiger partial charge on any atom is -0.456 e. The molecule has 0 radical (unpaired) electrons. The first kappa shape index (κ1) is 35.2. The SMILES string of the molecule is c1ccc(-c2ccccc2-c2c(-c3ccccc3)cccc2-c2ccccc2N(c2ccc(-c3cccc4ccccc34)cc2)c2cccc3oc4ccccc4c23)cc1. The van der Waals surface area contributed by atoms with Crippen LogP contribution in [-0.2, 0) is 0 Å². The zero-order valence-electron chi connectivity index (χ0n) is 32.9. The maximum atomic E-state index is 6.52. The summed E-state index contributed by atoms with van der Waals surface area (Å²) in [4.78, 5) is 2.43. The second-order valence-corrected chi connectivity index (χ2v) is 15.2. The normalized spacial score (nSPS) is 11.3. The number of hydrogen-bond acceptors (Lipinski definition) is 2. The van der Waals surface area contributed by atoms with Crippen LogP contribution in [0.2, 0.25) is 0 Å². The Morgan fingerprint density at radius 2 is 0.783 bits per heavy atom. The van der Waals surface area contributed by atoms with Crippen molar-refractivity contribution in [1.29, 1.82) is 0 Å². The predicted octanol–water partition coefficient (Wildman–Crippen LogP) is 16.5. The minimum atomic E-state index is 0.854. The molecule has 0 fully saturated rings. The zero-order chi connectivity index (χ0) is 39.8. The third-order valence-electron chi connectivity index (χ3n) is 11.7. The number of rotatable bonds is 8. The van der Waals surface area contributed by atoms with Crippen molar-refractivity contribution in [2.24, 2.45) is 0 Å². The summed E-state index contributed by atoms with van der Waals surface area (Å²) in [6.07, 6.45) is 0. The lowest BCUT2D eigenvalue weighted by atomic mass is 9.84. The molecule has 0 atom stereocenters. The molecule has 0 saturated heterocycles. The Morgan fingerprint density at radius 3 is 1.58 bits per heavy atom. The molecule has 0 aliphatic carbocycles. The molecule has 60 heavy (non-hydrogen) atoms. The largest absolute Gasteiger partial charge is 0.456 e. The van der Waals surface area contributed by atoms with E-state index in [1.807, 2.05) is 6.07 Å². The van der Waals surface area contributed by atoms with Gasteiger partial charge in [-0.25, -0.2) is 0 Å². The highest BCUT2D eigenvalue weighted by atomic mass is 16.3. The van der Waals surface area contributed by atoms with Crippen LogP contribution in [0.3, 0.4) is 0 Å². The van der Waals surface area contributed by atoms with E-state index in [1.165, 1.54) is 55.3 Å². The number of nitrogens with zero attached hydrogens (tertiary/aromatic N) is 1. The van der Waals surface area contributed by atoms with Crippen LogP contribution in [0.1, 0.15) is 0 Å². The summed E-state index contributed by atoms with van der Waals surface area (Å²) in [5.41, 5.74) is 16.6. The van der Waals surface area contributed by atoms with Crippen molar-refractivity contribution in [3.05, 3.63) is 237 Å². The van der Waals surface area contributed by atoms with Crippen LogP contribution < -0.4 is 4.90 Å². The highest BCUT2D eigenvalue weighted by Crippen LogP contribution is 2.50. The predicted molar refractivity (Wildman–Crippen MR) is 253 cm³/mol. The van der Waals surface area contributed by atoms with E-state index < -0.39 is 0 Å². The van der Waals surface area contributed by atoms with Gasteiger partial charge in [0.05, 0.1) is 16.8 Å². The van der Waals surface area contributed by atoms with Crippen molar-refractivity contribution in [2.45, 2.75) is 0 Å². The molecule has 2 heteroatoms. The van der Waals surface area contributed by atoms with Gasteiger partial charge in [0, 0.05) is 16.6 Å². The molecule has 0 saturated carbocycles. The first-order valence-corrected chi connectivity index (χ1v) is 20.5. The Labute approximate surface area is 349 Å². The van der Waals surface area contributed by atoms with Crippen molar-refractivity contribution in [1.82, 2.24) is 0 Å². The number of anilines is 3. The summed E-state index contributed by atoms with van der Waals surface area (Å²) in [7, 11) is 0. The molecule has 0 unspecified atom stereocenters. The summed E-state index contributed by atoms with van der Waals surface area (Å²) < 4.78 is 6.52. The Kier molecular flexibility index (Phi) is 8.87. The maximum absolute atomic E-state index is 6.52. The van der Waals surface area contributed by atoms with Crippen molar-refractivity contribution in [2.75, 3.05) is 4.90 Å². The fourth-order valence-electron chi connectivity index (χ4n) is 9.01. The van der Waals surface area contributed by atoms with E-state index in [-0.39, 0.29) is 0 Å². The van der Waals surface area contributed by atoms with Crippen LogP contribution in [0.25, 0.3) is 88.3 Å². The Balaban J connectivity index is 1.18. The van der Waals surface area contributed by atoms with Gasteiger partial charge in [-0.3, -0.25) is 0 Å². The molecule has 2 nitrogen and oxygen atoms in total. The van der Waals surface area contributed by atoms with E-state index in [1.54, 1.807) is 0 Å². The second-order valence-electron chi connectivity index (χ2n) is 15.2. The maximum Gasteiger partial charge on any atom is 0.137 e. The van der Waals surface area contributed by atoms with Crippen LogP contribution in [-0.4, -0.2) is 0 Å². The fourth-order valence-corrected chi connectivity index (χ4v) is 9.01. The molecule has 0 bridgehead atoms. The number of hydrogen-bond donors (Lipinski definition) is 0. The molecule has 0 aliphatic heterocycles. The summed E-state index contributed by atoms with van der Waals surface area (Å²) in [5.74, 6) is 0. The Morgan fingerprint density at radius 1 is 0.283 bits per heavy atom. The molecule has 0 aliphatic rings. The summed E-state index contributed by atoms with van der Waals surface area (Å²) >= 11 is 0. The van der Waals surface area contributed by atoms with E-state index in [0.717, 1.165) is 50.1 Å². The highest BCUT2D eigenvalue weighted by molar-refractivity contribution is 6.14. The molecule has 282 valence electrons. The van der Waals surface area contributed by atoms with Crippen LogP contribution in [0.15, 0.2) is 241 Å². The van der Waals surface area contributed by atoms with E-state index in [9.17, 15) is 0 Å². The summed E-state index contributed by atoms with van der Waals surface area (Å²) in [6.45, 7) is 0. The van der Waals surface area contributed by atoms with Crippen LogP contribution in [0, 0.1) is 0 Å². The number of para-hydroxylation sites is 2. The van der Waals surface area contributed by atoms with E-state index in [2.05, 4.69) is 235 Å². The number of furan rings is 1. The van der Waals surface area contributed by atoms with E-state index in [0.29, 0.717) is 0 Å². The molecular formula is C58H39NO. The van der Waals surface area contributed by atoms with E-state index in [4.69, 9.17) is 4.42 Å². The van der Waals surface area contributed by atoms with Gasteiger partial charge in [0.25, 0.3) is 0 Å². The molecule has 11 rings (SSSR count). The lowest BCUT2D eigenvalue weighted by molar-refractivity contribution is 0.669. The average Bonchev–Trinajstić information content (AvgIpc) is 3.72. The first-order valence-electron chi connectivity index (χ1n) is 20.5. The third-order valence-corrected chi connectivity index (χ3v) is 11.7. The average molecular weight is 766 g/mol. The van der Waals surface area contributed by atoms with Gasteiger partial charge in [-0.15, -0.1) is 0 Å². The lowest BCUT2D eigenvalue weighted by Gasteiger charge is -2.29. The standard InChI is InChI=1S/C58H39NO/c1-3-18-40(19-4-1)47-25-9-10-27-50(47)57-48(42-20-5-2-6-21-42)30-16-31-51(57)49-26-11-13-32-53(49)59(54-33-17-35-56-58(54)52-28-12-14-34-55(52)60-56)44-38-36-43(37-39-44)46-29-15-23-41-22-7-8-24-45(41)46/h1-39H. The smallest absolute Gasteiger partial charge is 0.137 e. The number of benzene rings is 10. The van der Waals surface area contributed by atoms with Gasteiger partial charge in [0.2, 0.25) is 0 Å². The fraction of sp³-hybridized carbons (Fsp3) is 0. The van der Waals surface area contributed by atoms with Gasteiger partial charge in [0.1, 0.15) is 11.2 Å². The minimum absolute atomic E-state index is 0.854. The van der Waals surface area contributed by atoms with Gasteiger partial charge < -0.3 is 9.32 Å². The van der Waals surface area contributed by atoms with Gasteiger partial charge in [-0.05, 0) is 97.2 Å². The van der Waals surface area contributed by atoms with Crippen molar-refractivity contribution in [3.8, 4) is 55.6 Å². The Hall–Kier alpha value is -7.94. The molecule has 0 spiro atoms. The molecular weight excluding hydrogens is 727 g/mol. The van der Waals surface area contributed by atoms with Gasteiger partial charge in [-0.2, -0.15) is 0 Å². The summed E-state index contributed by atoms with van der Waals surface area (Å²) in [6, 6.07) is 84.9. The van der Waals surface area contributed by atoms with Gasteiger partial charge in [0.15, 0.2) is 0 Å². The van der Waals surface area contributed by atoms with Gasteiger partial charge >= 0.3 is 0 Å². The zero-order valence-corrected chi connectivity index (χ0v) is 32.9. The van der Waals surface area contributed by atoms with Crippen molar-refractivity contribution in [3.63, 3.8) is 0 Å². The number of fused-ring (bicyclic) bond motifs is 4.